The molecule has 1 heterocycles. The lowest BCUT2D eigenvalue weighted by Gasteiger charge is -2.35. The number of nitrogens with one attached hydrogen (secondary N) is 1. The summed E-state index contributed by atoms with van der Waals surface area (Å²) in [6, 6.07) is 5.44. The van der Waals surface area contributed by atoms with Gasteiger partial charge in [-0.1, -0.05) is 48.8 Å². The van der Waals surface area contributed by atoms with Crippen LogP contribution in [0.1, 0.15) is 20.8 Å². The molecule has 0 aliphatic carbocycles. The molecule has 2 rings (SSSR count). The van der Waals surface area contributed by atoms with Crippen LogP contribution in [0, 0.1) is 5.92 Å². The molecule has 1 atom stereocenters. The number of thioether (sulfide) groups is 1. The monoisotopic (exact) mass is 419 g/mol. The molecule has 1 aromatic carbocycles. The van der Waals surface area contributed by atoms with Gasteiger partial charge in [-0.15, -0.1) is 0 Å². The minimum Gasteiger partial charge on any atom is -0.447 e. The molecule has 26 heavy (non-hydrogen) atoms. The molecule has 0 saturated heterocycles. The van der Waals surface area contributed by atoms with Gasteiger partial charge in [0.05, 0.1) is 11.6 Å². The van der Waals surface area contributed by atoms with Crippen molar-refractivity contribution in [3.05, 3.63) is 39.0 Å². The number of rotatable bonds is 7. The molecule has 0 bridgehead atoms. The third-order valence-corrected chi connectivity index (χ3v) is 5.48. The van der Waals surface area contributed by atoms with Crippen LogP contribution in [-0.4, -0.2) is 37.1 Å². The lowest BCUT2D eigenvalue weighted by molar-refractivity contribution is -0.130. The third kappa shape index (κ3) is 5.13. The van der Waals surface area contributed by atoms with Crippen molar-refractivity contribution in [1.29, 1.82) is 0 Å². The van der Waals surface area contributed by atoms with Crippen LogP contribution in [0.15, 0.2) is 33.8 Å². The predicted octanol–water partition coefficient (Wildman–Crippen LogP) is 4.23. The van der Waals surface area contributed by atoms with E-state index in [4.69, 9.17) is 38.4 Å². The van der Waals surface area contributed by atoms with E-state index in [0.717, 1.165) is 15.6 Å². The average molecular weight is 420 g/mol. The third-order valence-electron chi connectivity index (χ3n) is 3.88. The predicted molar refractivity (Wildman–Crippen MR) is 105 cm³/mol. The Labute approximate surface area is 168 Å². The molecule has 3 N–H and O–H groups in total. The van der Waals surface area contributed by atoms with E-state index >= 15 is 0 Å². The quantitative estimate of drug-likeness (QED) is 0.643. The van der Waals surface area contributed by atoms with Crippen LogP contribution in [0.2, 0.25) is 10.0 Å². The molecular formula is C17H23Cl2N3O3S. The maximum atomic E-state index is 10.7. The maximum Gasteiger partial charge on any atom is 0.404 e. The maximum absolute atomic E-state index is 10.7. The largest absolute Gasteiger partial charge is 0.447 e. The van der Waals surface area contributed by atoms with Crippen LogP contribution in [0.4, 0.5) is 4.79 Å². The summed E-state index contributed by atoms with van der Waals surface area (Å²) in [4.78, 5) is 13.6. The Morgan fingerprint density at radius 3 is 2.46 bits per heavy atom. The van der Waals surface area contributed by atoms with E-state index in [2.05, 4.69) is 19.2 Å². The van der Waals surface area contributed by atoms with Gasteiger partial charge in [0.1, 0.15) is 6.61 Å². The zero-order valence-corrected chi connectivity index (χ0v) is 17.5. The molecule has 6 nitrogen and oxygen atoms in total. The van der Waals surface area contributed by atoms with Gasteiger partial charge in [0.2, 0.25) is 5.85 Å². The van der Waals surface area contributed by atoms with E-state index in [-0.39, 0.29) is 19.1 Å². The van der Waals surface area contributed by atoms with Gasteiger partial charge in [-0.2, -0.15) is 0 Å². The minimum atomic E-state index is -0.818. The second-order valence-electron chi connectivity index (χ2n) is 6.26. The first kappa shape index (κ1) is 21.0. The number of carbonyl (C=O) groups is 1. The summed E-state index contributed by atoms with van der Waals surface area (Å²) < 4.78 is 10.6. The number of nitrogens with two attached hydrogens (primary N) is 1. The van der Waals surface area contributed by atoms with Crippen LogP contribution >= 0.6 is 35.0 Å². The lowest BCUT2D eigenvalue weighted by atomic mass is 10.1. The number of carbonyl (C=O) groups excluding carboxylic acids is 1. The molecule has 1 aliphatic heterocycles. The number of hydrogen-bond acceptors (Lipinski definition) is 6. The van der Waals surface area contributed by atoms with E-state index in [1.54, 1.807) is 17.8 Å². The summed E-state index contributed by atoms with van der Waals surface area (Å²) in [7, 11) is 1.94. The Balaban J connectivity index is 2.17. The van der Waals surface area contributed by atoms with Crippen molar-refractivity contribution in [3.63, 3.8) is 0 Å². The number of nitrogens with zero attached hydrogens (tertiary/aromatic N) is 1. The molecule has 9 heteroatoms. The number of amides is 1. The van der Waals surface area contributed by atoms with Crippen LogP contribution < -0.4 is 11.1 Å². The van der Waals surface area contributed by atoms with Crippen LogP contribution in [0.3, 0.4) is 0 Å². The molecular weight excluding hydrogens is 397 g/mol. The fourth-order valence-corrected chi connectivity index (χ4v) is 4.45. The molecule has 1 amide bonds. The molecule has 144 valence electrons. The highest BCUT2D eigenvalue weighted by molar-refractivity contribution is 8.03. The number of allylic oxidation sites excluding steroid dienone is 1. The summed E-state index contributed by atoms with van der Waals surface area (Å²) in [5, 5.41) is 5.61. The first-order chi connectivity index (χ1) is 12.1. The Morgan fingerprint density at radius 1 is 1.31 bits per heavy atom. The summed E-state index contributed by atoms with van der Waals surface area (Å²) in [5.74, 6) is -0.521. The standard InChI is InChI=1S/C17H23Cl2N3O3S/c1-10(2)14-15(26-13-8-11(18)7-12(19)9-13)22(4)17(3,21-14)25-6-5-24-16(20)23/h7-10,21H,5-6H2,1-4H3,(H2,20,23). The summed E-state index contributed by atoms with van der Waals surface area (Å²) >= 11 is 13.8. The first-order valence-corrected chi connectivity index (χ1v) is 9.66. The van der Waals surface area contributed by atoms with E-state index < -0.39 is 11.9 Å². The van der Waals surface area contributed by atoms with E-state index in [0.29, 0.717) is 10.0 Å². The Bertz CT molecular complexity index is 694. The fourth-order valence-electron chi connectivity index (χ4n) is 2.49. The van der Waals surface area contributed by atoms with Gasteiger partial charge in [-0.05, 0) is 24.1 Å². The smallest absolute Gasteiger partial charge is 0.404 e. The first-order valence-electron chi connectivity index (χ1n) is 8.08. The molecule has 1 aromatic rings. The molecule has 1 aliphatic rings. The van der Waals surface area contributed by atoms with E-state index in [9.17, 15) is 4.79 Å². The van der Waals surface area contributed by atoms with Gasteiger partial charge < -0.3 is 25.4 Å². The van der Waals surface area contributed by atoms with Gasteiger partial charge in [-0.25, -0.2) is 4.79 Å². The molecule has 0 aromatic heterocycles. The number of benzene rings is 1. The number of primary amides is 1. The van der Waals surface area contributed by atoms with E-state index in [1.807, 2.05) is 31.0 Å². The highest BCUT2D eigenvalue weighted by atomic mass is 35.5. The number of halogens is 2. The van der Waals surface area contributed by atoms with Crippen molar-refractivity contribution >= 4 is 41.1 Å². The van der Waals surface area contributed by atoms with Gasteiger partial charge in [0.15, 0.2) is 0 Å². The van der Waals surface area contributed by atoms with Crippen molar-refractivity contribution in [2.45, 2.75) is 31.5 Å². The second-order valence-corrected chi connectivity index (χ2v) is 8.20. The second kappa shape index (κ2) is 8.61. The van der Waals surface area contributed by atoms with E-state index in [1.165, 1.54) is 0 Å². The lowest BCUT2D eigenvalue weighted by Crippen LogP contribution is -2.51. The Morgan fingerprint density at radius 2 is 1.92 bits per heavy atom. The number of ether oxygens (including phenoxy) is 2. The van der Waals surface area contributed by atoms with Crippen LogP contribution in [0.25, 0.3) is 0 Å². The summed E-state index contributed by atoms with van der Waals surface area (Å²) in [5.41, 5.74) is 6.01. The van der Waals surface area contributed by atoms with Gasteiger partial charge in [0.25, 0.3) is 0 Å². The zero-order valence-electron chi connectivity index (χ0n) is 15.1. The molecule has 0 radical (unpaired) electrons. The zero-order chi connectivity index (χ0) is 19.5. The van der Waals surface area contributed by atoms with Gasteiger partial charge in [0, 0.05) is 34.6 Å². The normalized spacial score (nSPS) is 19.9. The van der Waals surface area contributed by atoms with Crippen molar-refractivity contribution in [1.82, 2.24) is 10.2 Å². The SMILES string of the molecule is CC(C)C1=C(Sc2cc(Cl)cc(Cl)c2)N(C)C(C)(OCCOC(N)=O)N1. The molecule has 0 saturated carbocycles. The Kier molecular flexibility index (Phi) is 6.96. The van der Waals surface area contributed by atoms with Gasteiger partial charge >= 0.3 is 6.09 Å². The highest BCUT2D eigenvalue weighted by Gasteiger charge is 2.41. The summed E-state index contributed by atoms with van der Waals surface area (Å²) in [6.45, 7) is 6.42. The average Bonchev–Trinajstić information content (AvgIpc) is 2.76. The van der Waals surface area contributed by atoms with Gasteiger partial charge in [-0.3, -0.25) is 0 Å². The number of hydrogen-bond donors (Lipinski definition) is 2. The fraction of sp³-hybridized carbons (Fsp3) is 0.471. The van der Waals surface area contributed by atoms with Crippen molar-refractivity contribution in [2.75, 3.05) is 20.3 Å². The van der Waals surface area contributed by atoms with Crippen molar-refractivity contribution < 1.29 is 14.3 Å². The van der Waals surface area contributed by atoms with Crippen LogP contribution in [-0.2, 0) is 9.47 Å². The topological polar surface area (TPSA) is 76.8 Å². The van der Waals surface area contributed by atoms with Crippen molar-refractivity contribution in [2.24, 2.45) is 11.7 Å². The molecule has 0 spiro atoms. The molecule has 1 unspecified atom stereocenters. The van der Waals surface area contributed by atoms with Crippen molar-refractivity contribution in [3.8, 4) is 0 Å². The van der Waals surface area contributed by atoms with Crippen LogP contribution in [0.5, 0.6) is 0 Å². The highest BCUT2D eigenvalue weighted by Crippen LogP contribution is 2.42. The minimum absolute atomic E-state index is 0.0871. The molecule has 0 fully saturated rings. The summed E-state index contributed by atoms with van der Waals surface area (Å²) in [6.07, 6.45) is -0.818. The Hall–Kier alpha value is -1.28.